The van der Waals surface area contributed by atoms with Crippen LogP contribution in [0.2, 0.25) is 0 Å². The largest absolute Gasteiger partial charge is 0.458 e. The van der Waals surface area contributed by atoms with Crippen molar-refractivity contribution < 1.29 is 17.7 Å². The number of nitrogens with zero attached hydrogens (tertiary/aromatic N) is 3. The summed E-state index contributed by atoms with van der Waals surface area (Å²) in [5.74, 6) is 5.74. The number of pyridine rings is 2. The maximum Gasteiger partial charge on any atom is 0.260 e. The van der Waals surface area contributed by atoms with Gasteiger partial charge in [0.25, 0.3) is 6.71 Å². The molecule has 4 heterocycles. The van der Waals surface area contributed by atoms with E-state index in [0.717, 1.165) is 41.2 Å². The van der Waals surface area contributed by atoms with Crippen molar-refractivity contribution in [2.45, 2.75) is 88.1 Å². The molecule has 0 unspecified atom stereocenters. The SMILES string of the molecule is [2H]c1c([2H])c(-c2ccccn2)c([2H])c2c1Oc1cc(N(C34CC5CC(CC(C5)C3)C4)C34CC5CC(CC(C5)C3)C4)cc3c1B2c1c([2H])c(-c2ccccn2)c([2H])c([2H])c1O3. The molecular weight excluding hydrogens is 661 g/mol. The van der Waals surface area contributed by atoms with Crippen molar-refractivity contribution in [1.29, 1.82) is 0 Å². The van der Waals surface area contributed by atoms with Gasteiger partial charge in [-0.3, -0.25) is 9.97 Å². The summed E-state index contributed by atoms with van der Waals surface area (Å²) < 4.78 is 71.2. The van der Waals surface area contributed by atoms with Gasteiger partial charge in [-0.05, 0) is 183 Å². The molecule has 6 heteroatoms. The average Bonchev–Trinajstić information content (AvgIpc) is 3.21. The lowest BCUT2D eigenvalue weighted by molar-refractivity contribution is -0.0559. The van der Waals surface area contributed by atoms with E-state index in [1.807, 2.05) is 12.1 Å². The zero-order valence-corrected chi connectivity index (χ0v) is 30.5. The number of rotatable bonds is 5. The van der Waals surface area contributed by atoms with E-state index in [0.29, 0.717) is 39.3 Å². The van der Waals surface area contributed by atoms with Crippen LogP contribution in [0.4, 0.5) is 5.69 Å². The summed E-state index contributed by atoms with van der Waals surface area (Å²) in [7, 11) is 0. The van der Waals surface area contributed by atoms with E-state index in [1.165, 1.54) is 77.0 Å². The molecule has 3 aromatic carbocycles. The predicted octanol–water partition coefficient (Wildman–Crippen LogP) is 9.28. The Morgan fingerprint density at radius 1 is 0.574 bits per heavy atom. The lowest BCUT2D eigenvalue weighted by atomic mass is 9.34. The van der Waals surface area contributed by atoms with Crippen molar-refractivity contribution in [3.05, 3.63) is 97.2 Å². The second kappa shape index (κ2) is 11.0. The van der Waals surface area contributed by atoms with Crippen LogP contribution in [-0.2, 0) is 0 Å². The van der Waals surface area contributed by atoms with Gasteiger partial charge < -0.3 is 14.4 Å². The molecule has 5 aromatic rings. The van der Waals surface area contributed by atoms with E-state index in [-0.39, 0.29) is 70.0 Å². The van der Waals surface area contributed by atoms with Gasteiger partial charge in [0.1, 0.15) is 23.0 Å². The highest BCUT2D eigenvalue weighted by atomic mass is 16.5. The Hall–Kier alpha value is -4.58. The first-order valence-corrected chi connectivity index (χ1v) is 20.5. The minimum atomic E-state index is -0.844. The molecule has 8 aliphatic carbocycles. The smallest absolute Gasteiger partial charge is 0.260 e. The normalized spacial score (nSPS) is 34.3. The monoisotopic (exact) mass is 713 g/mol. The molecule has 8 bridgehead atoms. The molecule has 0 amide bonds. The molecule has 2 aliphatic heterocycles. The van der Waals surface area contributed by atoms with Crippen LogP contribution in [0.3, 0.4) is 0 Å². The third-order valence-corrected chi connectivity index (χ3v) is 15.1. The molecule has 5 nitrogen and oxygen atoms in total. The summed E-state index contributed by atoms with van der Waals surface area (Å²) >= 11 is 0. The summed E-state index contributed by atoms with van der Waals surface area (Å²) in [4.78, 5) is 12.0. The molecule has 54 heavy (non-hydrogen) atoms. The number of fused-ring (bicyclic) bond motifs is 4. The maximum absolute atomic E-state index is 9.84. The van der Waals surface area contributed by atoms with E-state index < -0.39 is 6.71 Å². The molecule has 8 fully saturated rings. The van der Waals surface area contributed by atoms with Gasteiger partial charge in [-0.15, -0.1) is 0 Å². The molecule has 10 aliphatic rings. The zero-order chi connectivity index (χ0) is 40.4. The molecule has 0 saturated heterocycles. The number of hydrogen-bond donors (Lipinski definition) is 0. The van der Waals surface area contributed by atoms with Crippen molar-refractivity contribution in [2.24, 2.45) is 35.5 Å². The molecule has 0 radical (unpaired) electrons. The number of benzene rings is 3. The number of anilines is 1. The second-order valence-electron chi connectivity index (χ2n) is 18.5. The van der Waals surface area contributed by atoms with Crippen LogP contribution >= 0.6 is 0 Å². The van der Waals surface area contributed by atoms with E-state index in [2.05, 4.69) is 27.0 Å². The van der Waals surface area contributed by atoms with Crippen LogP contribution in [0.15, 0.2) is 97.2 Å². The average molecular weight is 714 g/mol. The molecule has 268 valence electrons. The first-order chi connectivity index (χ1) is 29.1. The molecule has 0 atom stereocenters. The highest BCUT2D eigenvalue weighted by Gasteiger charge is 2.62. The molecule has 0 N–H and O–H groups in total. The Morgan fingerprint density at radius 2 is 1.00 bits per heavy atom. The lowest BCUT2D eigenvalue weighted by Gasteiger charge is -2.69. The molecule has 0 spiro atoms. The fraction of sp³-hybridized carbons (Fsp3) is 0.417. The van der Waals surface area contributed by atoms with Gasteiger partial charge in [-0.25, -0.2) is 0 Å². The Morgan fingerprint density at radius 3 is 1.39 bits per heavy atom. The molecule has 2 aromatic heterocycles. The van der Waals surface area contributed by atoms with E-state index in [1.54, 1.807) is 36.7 Å². The van der Waals surface area contributed by atoms with Crippen molar-refractivity contribution in [3.63, 3.8) is 0 Å². The van der Waals surface area contributed by atoms with Crippen LogP contribution in [0.25, 0.3) is 22.5 Å². The first-order valence-electron chi connectivity index (χ1n) is 23.5. The molecular formula is C48H46BN3O2. The Kier molecular flexibility index (Phi) is 5.20. The topological polar surface area (TPSA) is 47.5 Å². The summed E-state index contributed by atoms with van der Waals surface area (Å²) in [6.07, 6.45) is 18.6. The zero-order valence-electron chi connectivity index (χ0n) is 36.5. The highest BCUT2D eigenvalue weighted by molar-refractivity contribution is 6.98. The summed E-state index contributed by atoms with van der Waals surface area (Å²) in [5.41, 5.74) is 3.72. The number of hydrogen-bond acceptors (Lipinski definition) is 5. The van der Waals surface area contributed by atoms with Crippen LogP contribution in [0.1, 0.15) is 85.3 Å². The van der Waals surface area contributed by atoms with Gasteiger partial charge in [-0.1, -0.05) is 24.2 Å². The van der Waals surface area contributed by atoms with Crippen molar-refractivity contribution in [2.75, 3.05) is 4.90 Å². The van der Waals surface area contributed by atoms with Gasteiger partial charge in [0.05, 0.1) is 19.6 Å². The fourth-order valence-electron chi connectivity index (χ4n) is 14.2. The standard InChI is InChI=1S/C48H46BN3O2/c1-3-11-50-40(5-1)35-7-9-42-38(19-35)49-39-20-36(41-6-2-4-12-51-41)8-10-43(39)54-45-22-37(21-44(53-42)46(45)49)52(47-23-29-13-30(24-47)15-31(14-29)25-47)48-26-32-16-33(27-48)18-34(17-32)28-48/h1-12,19-22,29-34H,13-18,23-28H2/i7D,8D,9D,10D,19D,20D. The Labute approximate surface area is 327 Å². The van der Waals surface area contributed by atoms with Gasteiger partial charge in [0, 0.05) is 46.8 Å². The van der Waals surface area contributed by atoms with Crippen LogP contribution in [0, 0.1) is 35.5 Å². The highest BCUT2D eigenvalue weighted by Crippen LogP contribution is 2.65. The van der Waals surface area contributed by atoms with Gasteiger partial charge >= 0.3 is 0 Å². The van der Waals surface area contributed by atoms with Gasteiger partial charge in [0.15, 0.2) is 0 Å². The Balaban J connectivity index is 1.07. The summed E-state index contributed by atoms with van der Waals surface area (Å²) in [5, 5.41) is 0. The quantitative estimate of drug-likeness (QED) is 0.167. The maximum atomic E-state index is 9.84. The molecule has 15 rings (SSSR count). The second-order valence-corrected chi connectivity index (χ2v) is 18.5. The lowest BCUT2D eigenvalue weighted by Crippen LogP contribution is -2.71. The predicted molar refractivity (Wildman–Crippen MR) is 215 cm³/mol. The van der Waals surface area contributed by atoms with E-state index in [9.17, 15) is 8.22 Å². The van der Waals surface area contributed by atoms with E-state index >= 15 is 0 Å². The van der Waals surface area contributed by atoms with Crippen molar-refractivity contribution in [3.8, 4) is 45.5 Å². The van der Waals surface area contributed by atoms with Crippen molar-refractivity contribution >= 4 is 28.8 Å². The third-order valence-electron chi connectivity index (χ3n) is 15.1. The van der Waals surface area contributed by atoms with E-state index in [4.69, 9.17) is 9.47 Å². The fourth-order valence-corrected chi connectivity index (χ4v) is 14.2. The first kappa shape index (κ1) is 25.5. The van der Waals surface area contributed by atoms with Gasteiger partial charge in [-0.2, -0.15) is 0 Å². The third kappa shape index (κ3) is 4.46. The number of ether oxygens (including phenoxy) is 2. The van der Waals surface area contributed by atoms with Crippen LogP contribution in [-0.4, -0.2) is 27.8 Å². The van der Waals surface area contributed by atoms with Crippen LogP contribution in [0.5, 0.6) is 23.0 Å². The summed E-state index contributed by atoms with van der Waals surface area (Å²) in [6, 6.07) is 14.4. The summed E-state index contributed by atoms with van der Waals surface area (Å²) in [6.45, 7) is -0.844. The minimum absolute atomic E-state index is 0.00717. The molecule has 8 saturated carbocycles. The number of aromatic nitrogens is 2. The minimum Gasteiger partial charge on any atom is -0.458 e. The Bertz CT molecular complexity index is 2430. The van der Waals surface area contributed by atoms with Crippen LogP contribution < -0.4 is 30.8 Å². The van der Waals surface area contributed by atoms with Crippen molar-refractivity contribution in [1.82, 2.24) is 9.97 Å². The van der Waals surface area contributed by atoms with Gasteiger partial charge in [0.2, 0.25) is 0 Å².